The summed E-state index contributed by atoms with van der Waals surface area (Å²) in [7, 11) is 0. The van der Waals surface area contributed by atoms with Gasteiger partial charge >= 0.3 is 5.97 Å². The number of hydrogen-bond donors (Lipinski definition) is 1. The van der Waals surface area contributed by atoms with Gasteiger partial charge in [0.15, 0.2) is 10.8 Å². The smallest absolute Gasteiger partial charge is 0.316 e. The van der Waals surface area contributed by atoms with Gasteiger partial charge in [0.1, 0.15) is 5.25 Å². The number of nitrogens with zero attached hydrogens (tertiary/aromatic N) is 3. The molecule has 84 valence electrons. The summed E-state index contributed by atoms with van der Waals surface area (Å²) in [4.78, 5) is 10.7. The zero-order valence-corrected chi connectivity index (χ0v) is 9.87. The highest BCUT2D eigenvalue weighted by Crippen LogP contribution is 2.23. The molecule has 2 rings (SSSR count). The van der Waals surface area contributed by atoms with Crippen molar-refractivity contribution in [1.82, 2.24) is 14.6 Å². The van der Waals surface area contributed by atoms with Crippen LogP contribution < -0.4 is 0 Å². The summed E-state index contributed by atoms with van der Waals surface area (Å²) in [5.74, 6) is -0.885. The van der Waals surface area contributed by atoms with Crippen LogP contribution in [0.2, 0.25) is 5.02 Å². The van der Waals surface area contributed by atoms with Gasteiger partial charge in [0.2, 0.25) is 0 Å². The minimum absolute atomic E-state index is 0.521. The van der Waals surface area contributed by atoms with E-state index < -0.39 is 11.2 Å². The number of aromatic nitrogens is 3. The van der Waals surface area contributed by atoms with Crippen molar-refractivity contribution in [3.05, 3.63) is 23.4 Å². The largest absolute Gasteiger partial charge is 0.480 e. The quantitative estimate of drug-likeness (QED) is 0.852. The van der Waals surface area contributed by atoms with Crippen LogP contribution >= 0.6 is 23.4 Å². The van der Waals surface area contributed by atoms with Gasteiger partial charge in [0.25, 0.3) is 0 Å². The van der Waals surface area contributed by atoms with Crippen molar-refractivity contribution in [3.63, 3.8) is 0 Å². The lowest BCUT2D eigenvalue weighted by atomic mass is 10.5. The van der Waals surface area contributed by atoms with Crippen LogP contribution in [-0.2, 0) is 4.79 Å². The second-order valence-corrected chi connectivity index (χ2v) is 4.90. The molecule has 5 nitrogen and oxygen atoms in total. The lowest BCUT2D eigenvalue weighted by Crippen LogP contribution is -2.11. The highest BCUT2D eigenvalue weighted by molar-refractivity contribution is 8.00. The van der Waals surface area contributed by atoms with Crippen LogP contribution in [0.4, 0.5) is 0 Å². The SMILES string of the molecule is CC(Sc1nnc2ccc(Cl)cn12)C(=O)O. The van der Waals surface area contributed by atoms with Crippen molar-refractivity contribution in [2.45, 2.75) is 17.3 Å². The van der Waals surface area contributed by atoms with E-state index in [0.29, 0.717) is 15.8 Å². The summed E-state index contributed by atoms with van der Waals surface area (Å²) < 4.78 is 1.67. The van der Waals surface area contributed by atoms with Crippen LogP contribution in [0.25, 0.3) is 5.65 Å². The van der Waals surface area contributed by atoms with Crippen molar-refractivity contribution >= 4 is 35.0 Å². The van der Waals surface area contributed by atoms with E-state index in [1.807, 2.05) is 0 Å². The van der Waals surface area contributed by atoms with E-state index in [0.717, 1.165) is 11.8 Å². The Balaban J connectivity index is 2.37. The minimum Gasteiger partial charge on any atom is -0.480 e. The number of pyridine rings is 1. The molecule has 0 saturated heterocycles. The van der Waals surface area contributed by atoms with Crippen molar-refractivity contribution < 1.29 is 9.90 Å². The van der Waals surface area contributed by atoms with Gasteiger partial charge in [-0.25, -0.2) is 0 Å². The molecule has 0 aliphatic rings. The lowest BCUT2D eigenvalue weighted by Gasteiger charge is -2.03. The van der Waals surface area contributed by atoms with Gasteiger partial charge in [-0.3, -0.25) is 9.20 Å². The second-order valence-electron chi connectivity index (χ2n) is 3.16. The van der Waals surface area contributed by atoms with Crippen molar-refractivity contribution in [2.24, 2.45) is 0 Å². The van der Waals surface area contributed by atoms with Crippen LogP contribution in [0.1, 0.15) is 6.92 Å². The van der Waals surface area contributed by atoms with E-state index >= 15 is 0 Å². The molecule has 7 heteroatoms. The molecule has 1 unspecified atom stereocenters. The molecule has 0 aliphatic carbocycles. The number of aliphatic carboxylic acids is 1. The Bertz CT molecular complexity index is 543. The lowest BCUT2D eigenvalue weighted by molar-refractivity contribution is -0.136. The zero-order chi connectivity index (χ0) is 11.7. The molecule has 0 spiro atoms. The second kappa shape index (κ2) is 4.31. The number of carboxylic acids is 1. The first-order chi connectivity index (χ1) is 7.58. The zero-order valence-electron chi connectivity index (χ0n) is 8.29. The van der Waals surface area contributed by atoms with Crippen LogP contribution in [0, 0.1) is 0 Å². The average Bonchev–Trinajstić information content (AvgIpc) is 2.61. The molecule has 0 aliphatic heterocycles. The van der Waals surface area contributed by atoms with E-state index in [9.17, 15) is 4.79 Å². The van der Waals surface area contributed by atoms with E-state index in [2.05, 4.69) is 10.2 Å². The Kier molecular flexibility index (Phi) is 3.02. The maximum Gasteiger partial charge on any atom is 0.316 e. The first-order valence-electron chi connectivity index (χ1n) is 4.47. The highest BCUT2D eigenvalue weighted by atomic mass is 35.5. The first-order valence-corrected chi connectivity index (χ1v) is 5.73. The van der Waals surface area contributed by atoms with Crippen molar-refractivity contribution in [1.29, 1.82) is 0 Å². The number of carboxylic acid groups (broad SMARTS) is 1. The van der Waals surface area contributed by atoms with Gasteiger partial charge in [-0.05, 0) is 19.1 Å². The Morgan fingerprint density at radius 3 is 3.00 bits per heavy atom. The molecular weight excluding hydrogens is 250 g/mol. The predicted octanol–water partition coefficient (Wildman–Crippen LogP) is 1.95. The molecule has 0 radical (unpaired) electrons. The van der Waals surface area contributed by atoms with Crippen LogP contribution in [0.3, 0.4) is 0 Å². The molecule has 2 aromatic rings. The summed E-state index contributed by atoms with van der Waals surface area (Å²) >= 11 is 6.97. The maximum atomic E-state index is 10.7. The Morgan fingerprint density at radius 1 is 1.56 bits per heavy atom. The number of halogens is 1. The molecule has 0 amide bonds. The van der Waals surface area contributed by atoms with E-state index in [4.69, 9.17) is 16.7 Å². The van der Waals surface area contributed by atoms with Crippen LogP contribution in [-0.4, -0.2) is 30.9 Å². The highest BCUT2D eigenvalue weighted by Gasteiger charge is 2.16. The number of rotatable bonds is 3. The standard InChI is InChI=1S/C9H8ClN3O2S/c1-5(8(14)15)16-9-12-11-7-3-2-6(10)4-13(7)9/h2-5H,1H3,(H,14,15). The third kappa shape index (κ3) is 2.12. The Labute approximate surface area is 100 Å². The summed E-state index contributed by atoms with van der Waals surface area (Å²) in [5.41, 5.74) is 0.643. The van der Waals surface area contributed by atoms with Gasteiger partial charge in [-0.15, -0.1) is 10.2 Å². The number of hydrogen-bond acceptors (Lipinski definition) is 4. The molecule has 16 heavy (non-hydrogen) atoms. The third-order valence-corrected chi connectivity index (χ3v) is 3.23. The van der Waals surface area contributed by atoms with Crippen molar-refractivity contribution in [3.8, 4) is 0 Å². The summed E-state index contributed by atoms with van der Waals surface area (Å²) in [6, 6.07) is 3.44. The number of thioether (sulfide) groups is 1. The average molecular weight is 258 g/mol. The molecule has 2 aromatic heterocycles. The molecule has 1 N–H and O–H groups in total. The molecule has 2 heterocycles. The Morgan fingerprint density at radius 2 is 2.31 bits per heavy atom. The third-order valence-electron chi connectivity index (χ3n) is 1.96. The summed E-state index contributed by atoms with van der Waals surface area (Å²) in [5, 5.41) is 17.1. The molecule has 0 bridgehead atoms. The molecule has 1 atom stereocenters. The fraction of sp³-hybridized carbons (Fsp3) is 0.222. The van der Waals surface area contributed by atoms with Gasteiger partial charge in [0.05, 0.1) is 5.02 Å². The van der Waals surface area contributed by atoms with E-state index in [1.54, 1.807) is 29.7 Å². The van der Waals surface area contributed by atoms with E-state index in [1.165, 1.54) is 0 Å². The maximum absolute atomic E-state index is 10.7. The fourth-order valence-electron chi connectivity index (χ4n) is 1.13. The summed E-state index contributed by atoms with van der Waals surface area (Å²) in [6.45, 7) is 1.60. The van der Waals surface area contributed by atoms with Crippen LogP contribution in [0.5, 0.6) is 0 Å². The molecule has 0 fully saturated rings. The predicted molar refractivity (Wildman–Crippen MR) is 61.0 cm³/mol. The topological polar surface area (TPSA) is 67.5 Å². The van der Waals surface area contributed by atoms with E-state index in [-0.39, 0.29) is 0 Å². The van der Waals surface area contributed by atoms with Gasteiger partial charge < -0.3 is 5.11 Å². The molecule has 0 saturated carbocycles. The van der Waals surface area contributed by atoms with Gasteiger partial charge in [0, 0.05) is 6.20 Å². The minimum atomic E-state index is -0.885. The molecular formula is C9H8ClN3O2S. The van der Waals surface area contributed by atoms with Gasteiger partial charge in [-0.1, -0.05) is 23.4 Å². The Hall–Kier alpha value is -1.27. The number of fused-ring (bicyclic) bond motifs is 1. The van der Waals surface area contributed by atoms with Crippen molar-refractivity contribution in [2.75, 3.05) is 0 Å². The summed E-state index contributed by atoms with van der Waals surface area (Å²) in [6.07, 6.45) is 1.66. The monoisotopic (exact) mass is 257 g/mol. The fourth-order valence-corrected chi connectivity index (χ4v) is 2.06. The normalized spacial score (nSPS) is 12.9. The first kappa shape index (κ1) is 11.2. The van der Waals surface area contributed by atoms with Gasteiger partial charge in [-0.2, -0.15) is 0 Å². The van der Waals surface area contributed by atoms with Crippen LogP contribution in [0.15, 0.2) is 23.5 Å². The molecule has 0 aromatic carbocycles. The number of carbonyl (C=O) groups is 1.